The van der Waals surface area contributed by atoms with Crippen molar-refractivity contribution in [2.45, 2.75) is 24.0 Å². The predicted octanol–water partition coefficient (Wildman–Crippen LogP) is -3.20. The van der Waals surface area contributed by atoms with E-state index in [1.165, 1.54) is 0 Å². The van der Waals surface area contributed by atoms with Crippen LogP contribution in [-0.2, 0) is 9.53 Å². The zero-order valence-electron chi connectivity index (χ0n) is 7.51. The zero-order chi connectivity index (χ0) is 11.2. The number of nitrogens with one attached hydrogen (secondary N) is 2. The molecule has 8 heteroatoms. The number of thiocarbonyl (C=S) groups is 1. The van der Waals surface area contributed by atoms with Crippen LogP contribution >= 0.6 is 12.2 Å². The van der Waals surface area contributed by atoms with Gasteiger partial charge in [-0.15, -0.1) is 0 Å². The number of ether oxygens (including phenoxy) is 1. The standard InChI is InChI=1S/C7H10N2O5S/c10-2-1-14-7(4(12)3(2)11)5(13)8-6(15)9-7/h2-4,10-12H,1H2,(H2,8,9,13,15)/t2-,3+,4-,7+/m1/s1. The van der Waals surface area contributed by atoms with Gasteiger partial charge in [0.25, 0.3) is 11.6 Å². The molecule has 4 atom stereocenters. The van der Waals surface area contributed by atoms with E-state index in [9.17, 15) is 20.1 Å². The van der Waals surface area contributed by atoms with Crippen molar-refractivity contribution in [2.24, 2.45) is 0 Å². The third-order valence-corrected chi connectivity index (χ3v) is 2.68. The van der Waals surface area contributed by atoms with Crippen LogP contribution in [0.1, 0.15) is 0 Å². The average molecular weight is 234 g/mol. The lowest BCUT2D eigenvalue weighted by molar-refractivity contribution is -0.232. The maximum Gasteiger partial charge on any atom is 0.282 e. The second-order valence-corrected chi connectivity index (χ2v) is 3.87. The molecule has 2 fully saturated rings. The summed E-state index contributed by atoms with van der Waals surface area (Å²) in [6.45, 7) is -0.263. The Balaban J connectivity index is 2.29. The summed E-state index contributed by atoms with van der Waals surface area (Å²) in [6.07, 6.45) is -4.27. The van der Waals surface area contributed by atoms with E-state index in [2.05, 4.69) is 10.6 Å². The van der Waals surface area contributed by atoms with Gasteiger partial charge in [0.15, 0.2) is 5.11 Å². The molecular weight excluding hydrogens is 224 g/mol. The highest BCUT2D eigenvalue weighted by atomic mass is 32.1. The number of rotatable bonds is 0. The van der Waals surface area contributed by atoms with E-state index in [0.29, 0.717) is 0 Å². The van der Waals surface area contributed by atoms with Gasteiger partial charge in [-0.05, 0) is 12.2 Å². The van der Waals surface area contributed by atoms with E-state index < -0.39 is 29.9 Å². The van der Waals surface area contributed by atoms with E-state index in [4.69, 9.17) is 17.0 Å². The third-order valence-electron chi connectivity index (χ3n) is 2.48. The smallest absolute Gasteiger partial charge is 0.282 e. The molecule has 15 heavy (non-hydrogen) atoms. The lowest BCUT2D eigenvalue weighted by Crippen LogP contribution is -2.68. The highest BCUT2D eigenvalue weighted by Gasteiger charge is 2.58. The fourth-order valence-corrected chi connectivity index (χ4v) is 1.86. The molecule has 0 aliphatic carbocycles. The van der Waals surface area contributed by atoms with Gasteiger partial charge in [-0.2, -0.15) is 0 Å². The summed E-state index contributed by atoms with van der Waals surface area (Å²) in [6, 6.07) is 0. The molecular formula is C7H10N2O5S. The number of carbonyl (C=O) groups is 1. The fourth-order valence-electron chi connectivity index (χ4n) is 1.61. The molecule has 0 aromatic rings. The van der Waals surface area contributed by atoms with E-state index in [1.54, 1.807) is 0 Å². The van der Waals surface area contributed by atoms with Crippen molar-refractivity contribution < 1.29 is 24.9 Å². The maximum absolute atomic E-state index is 11.5. The summed E-state index contributed by atoms with van der Waals surface area (Å²) in [5.74, 6) is -0.675. The Morgan fingerprint density at radius 2 is 2.13 bits per heavy atom. The Hall–Kier alpha value is -0.800. The van der Waals surface area contributed by atoms with Crippen molar-refractivity contribution in [3.05, 3.63) is 0 Å². The molecule has 2 heterocycles. The SMILES string of the molecule is O=C1NC(=S)N[C@@]12OC[C@@H](O)[C@H](O)[C@H]2O. The monoisotopic (exact) mass is 234 g/mol. The minimum atomic E-state index is -1.78. The molecule has 0 aromatic carbocycles. The quantitative estimate of drug-likeness (QED) is 0.281. The Kier molecular flexibility index (Phi) is 2.40. The van der Waals surface area contributed by atoms with Crippen molar-refractivity contribution in [1.82, 2.24) is 10.6 Å². The van der Waals surface area contributed by atoms with Gasteiger partial charge in [0.2, 0.25) is 0 Å². The molecule has 7 nitrogen and oxygen atoms in total. The van der Waals surface area contributed by atoms with Crippen LogP contribution in [0.15, 0.2) is 0 Å². The van der Waals surface area contributed by atoms with Crippen LogP contribution in [0.2, 0.25) is 0 Å². The molecule has 2 aliphatic rings. The number of aliphatic hydroxyl groups is 3. The normalized spacial score (nSPS) is 45.4. The van der Waals surface area contributed by atoms with Gasteiger partial charge in [0, 0.05) is 0 Å². The number of amides is 1. The van der Waals surface area contributed by atoms with Crippen molar-refractivity contribution in [2.75, 3.05) is 6.61 Å². The average Bonchev–Trinajstić information content (AvgIpc) is 2.46. The molecule has 0 unspecified atom stereocenters. The molecule has 0 bridgehead atoms. The van der Waals surface area contributed by atoms with Crippen LogP contribution in [0.5, 0.6) is 0 Å². The topological polar surface area (TPSA) is 111 Å². The van der Waals surface area contributed by atoms with Gasteiger partial charge in [-0.1, -0.05) is 0 Å². The van der Waals surface area contributed by atoms with E-state index in [-0.39, 0.29) is 11.7 Å². The minimum absolute atomic E-state index is 0.0163. The Labute approximate surface area is 90.0 Å². The largest absolute Gasteiger partial charge is 0.388 e. The maximum atomic E-state index is 11.5. The first-order valence-electron chi connectivity index (χ1n) is 4.29. The molecule has 5 N–H and O–H groups in total. The number of hydrogen-bond donors (Lipinski definition) is 5. The highest BCUT2D eigenvalue weighted by Crippen LogP contribution is 2.26. The van der Waals surface area contributed by atoms with Gasteiger partial charge in [0.1, 0.15) is 18.3 Å². The number of hydrogen-bond acceptors (Lipinski definition) is 6. The van der Waals surface area contributed by atoms with Crippen molar-refractivity contribution in [3.8, 4) is 0 Å². The molecule has 2 rings (SSSR count). The molecule has 84 valence electrons. The third kappa shape index (κ3) is 1.42. The first-order chi connectivity index (χ1) is 6.97. The van der Waals surface area contributed by atoms with Crippen LogP contribution in [0.4, 0.5) is 0 Å². The zero-order valence-corrected chi connectivity index (χ0v) is 8.32. The Morgan fingerprint density at radius 1 is 1.47 bits per heavy atom. The van der Waals surface area contributed by atoms with Crippen LogP contribution in [0, 0.1) is 0 Å². The second kappa shape index (κ2) is 3.35. The lowest BCUT2D eigenvalue weighted by Gasteiger charge is -2.40. The molecule has 0 saturated carbocycles. The summed E-state index contributed by atoms with van der Waals surface area (Å²) in [7, 11) is 0. The van der Waals surface area contributed by atoms with Crippen LogP contribution in [0.3, 0.4) is 0 Å². The Bertz CT molecular complexity index is 325. The van der Waals surface area contributed by atoms with E-state index >= 15 is 0 Å². The first-order valence-corrected chi connectivity index (χ1v) is 4.70. The summed E-state index contributed by atoms with van der Waals surface area (Å²) in [5.41, 5.74) is -1.78. The number of aliphatic hydroxyl groups excluding tert-OH is 3. The fraction of sp³-hybridized carbons (Fsp3) is 0.714. The van der Waals surface area contributed by atoms with Gasteiger partial charge in [-0.25, -0.2) is 0 Å². The van der Waals surface area contributed by atoms with E-state index in [0.717, 1.165) is 0 Å². The summed E-state index contributed by atoms with van der Waals surface area (Å²) < 4.78 is 5.03. The van der Waals surface area contributed by atoms with Crippen LogP contribution in [-0.4, -0.2) is 57.0 Å². The van der Waals surface area contributed by atoms with Gasteiger partial charge in [0.05, 0.1) is 6.61 Å². The van der Waals surface area contributed by atoms with Gasteiger partial charge in [-0.3, -0.25) is 10.1 Å². The highest BCUT2D eigenvalue weighted by molar-refractivity contribution is 7.80. The molecule has 1 spiro atoms. The number of carbonyl (C=O) groups excluding carboxylic acids is 1. The predicted molar refractivity (Wildman–Crippen MR) is 50.6 cm³/mol. The van der Waals surface area contributed by atoms with Gasteiger partial charge < -0.3 is 25.4 Å². The summed E-state index contributed by atoms with van der Waals surface area (Å²) >= 11 is 4.69. The minimum Gasteiger partial charge on any atom is -0.388 e. The molecule has 1 amide bonds. The van der Waals surface area contributed by atoms with Crippen molar-refractivity contribution in [3.63, 3.8) is 0 Å². The molecule has 0 aromatic heterocycles. The van der Waals surface area contributed by atoms with Crippen molar-refractivity contribution >= 4 is 23.2 Å². The molecule has 2 saturated heterocycles. The van der Waals surface area contributed by atoms with Crippen LogP contribution < -0.4 is 10.6 Å². The summed E-state index contributed by atoms with van der Waals surface area (Å²) in [4.78, 5) is 11.5. The van der Waals surface area contributed by atoms with E-state index in [1.807, 2.05) is 0 Å². The second-order valence-electron chi connectivity index (χ2n) is 3.46. The molecule has 2 aliphatic heterocycles. The Morgan fingerprint density at radius 3 is 2.67 bits per heavy atom. The summed E-state index contributed by atoms with van der Waals surface area (Å²) in [5, 5.41) is 33.0. The van der Waals surface area contributed by atoms with Crippen LogP contribution in [0.25, 0.3) is 0 Å². The van der Waals surface area contributed by atoms with Crippen molar-refractivity contribution in [1.29, 1.82) is 0 Å². The molecule has 0 radical (unpaired) electrons. The first kappa shape index (κ1) is 10.7. The van der Waals surface area contributed by atoms with Gasteiger partial charge >= 0.3 is 0 Å². The lowest BCUT2D eigenvalue weighted by atomic mass is 9.94.